The highest BCUT2D eigenvalue weighted by Gasteiger charge is 2.19. The van der Waals surface area contributed by atoms with Crippen molar-refractivity contribution in [3.05, 3.63) is 56.4 Å². The molecule has 2 rings (SSSR count). The molecule has 1 amide bonds. The molecule has 0 aliphatic rings. The number of pyridine rings is 1. The lowest BCUT2D eigenvalue weighted by Crippen LogP contribution is -2.27. The molecule has 1 heterocycles. The van der Waals surface area contributed by atoms with Crippen LogP contribution in [-0.4, -0.2) is 17.5 Å². The lowest BCUT2D eigenvalue weighted by atomic mass is 10.2. The molecule has 0 saturated heterocycles. The Labute approximate surface area is 144 Å². The van der Waals surface area contributed by atoms with Gasteiger partial charge in [0.2, 0.25) is 5.82 Å². The van der Waals surface area contributed by atoms with Crippen LogP contribution in [0.4, 0.5) is 20.2 Å². The number of halogens is 3. The summed E-state index contributed by atoms with van der Waals surface area (Å²) in [4.78, 5) is 30.5. The summed E-state index contributed by atoms with van der Waals surface area (Å²) in [5.74, 6) is -2.70. The topological polar surface area (TPSA) is 83.2 Å². The van der Waals surface area contributed by atoms with E-state index in [-0.39, 0.29) is 17.9 Å². The first-order valence-corrected chi connectivity index (χ1v) is 7.78. The molecule has 0 saturated carbocycles. The third-order valence-electron chi connectivity index (χ3n) is 2.94. The lowest BCUT2D eigenvalue weighted by molar-refractivity contribution is 0.0315. The van der Waals surface area contributed by atoms with Crippen molar-refractivity contribution < 1.29 is 18.4 Å². The molecule has 0 spiro atoms. The maximum Gasteiger partial charge on any atom is 0.286 e. The Morgan fingerprint density at radius 2 is 2.12 bits per heavy atom. The number of hydrogen-bond acceptors (Lipinski definition) is 4. The molecule has 1 aromatic carbocycles. The zero-order valence-electron chi connectivity index (χ0n) is 12.6. The van der Waals surface area contributed by atoms with Gasteiger partial charge in [0.05, 0.1) is 23.5 Å². The number of H-pyrrole nitrogens is 1. The molecule has 0 unspecified atom stereocenters. The first-order chi connectivity index (χ1) is 11.4. The number of rotatable bonds is 6. The first kappa shape index (κ1) is 18.1. The number of hydroxylamine groups is 1. The van der Waals surface area contributed by atoms with Crippen molar-refractivity contribution in [1.82, 2.24) is 10.5 Å². The van der Waals surface area contributed by atoms with E-state index in [2.05, 4.69) is 31.7 Å². The molecule has 1 aromatic heterocycles. The minimum absolute atomic E-state index is 0.0915. The third kappa shape index (κ3) is 4.18. The summed E-state index contributed by atoms with van der Waals surface area (Å²) in [7, 11) is 0. The molecule has 6 nitrogen and oxygen atoms in total. The largest absolute Gasteiger partial charge is 0.350 e. The summed E-state index contributed by atoms with van der Waals surface area (Å²) in [6, 6.07) is 4.04. The smallest absolute Gasteiger partial charge is 0.286 e. The molecule has 0 aliphatic heterocycles. The Morgan fingerprint density at radius 1 is 1.38 bits per heavy atom. The molecule has 24 heavy (non-hydrogen) atoms. The van der Waals surface area contributed by atoms with Gasteiger partial charge in [-0.3, -0.25) is 14.4 Å². The van der Waals surface area contributed by atoms with E-state index in [0.29, 0.717) is 10.9 Å². The number of anilines is 2. The predicted molar refractivity (Wildman–Crippen MR) is 88.1 cm³/mol. The van der Waals surface area contributed by atoms with Gasteiger partial charge in [-0.1, -0.05) is 22.9 Å². The Hall–Kier alpha value is -2.26. The van der Waals surface area contributed by atoms with E-state index in [1.165, 1.54) is 12.1 Å². The number of aromatic amines is 1. The molecule has 2 aromatic rings. The van der Waals surface area contributed by atoms with Crippen molar-refractivity contribution >= 4 is 33.2 Å². The van der Waals surface area contributed by atoms with E-state index in [0.717, 1.165) is 12.3 Å². The predicted octanol–water partition coefficient (Wildman–Crippen LogP) is 3.23. The quantitative estimate of drug-likeness (QED) is 0.512. The highest BCUT2D eigenvalue weighted by atomic mass is 79.9. The second-order valence-corrected chi connectivity index (χ2v) is 5.66. The van der Waals surface area contributed by atoms with Gasteiger partial charge in [-0.25, -0.2) is 9.87 Å². The van der Waals surface area contributed by atoms with Crippen LogP contribution >= 0.6 is 15.9 Å². The van der Waals surface area contributed by atoms with E-state index in [1.54, 1.807) is 0 Å². The van der Waals surface area contributed by atoms with Crippen molar-refractivity contribution in [2.75, 3.05) is 11.9 Å². The van der Waals surface area contributed by atoms with Crippen molar-refractivity contribution in [2.45, 2.75) is 13.3 Å². The van der Waals surface area contributed by atoms with Crippen LogP contribution in [0.25, 0.3) is 0 Å². The second-order valence-electron chi connectivity index (χ2n) is 4.75. The molecule has 0 fully saturated rings. The zero-order chi connectivity index (χ0) is 17.7. The van der Waals surface area contributed by atoms with Gasteiger partial charge in [-0.15, -0.1) is 0 Å². The number of aromatic nitrogens is 1. The van der Waals surface area contributed by atoms with E-state index in [9.17, 15) is 18.4 Å². The zero-order valence-corrected chi connectivity index (χ0v) is 14.2. The number of amides is 1. The van der Waals surface area contributed by atoms with Gasteiger partial charge < -0.3 is 10.3 Å². The Bertz CT molecular complexity index is 811. The van der Waals surface area contributed by atoms with Gasteiger partial charge in [0.15, 0.2) is 0 Å². The van der Waals surface area contributed by atoms with Gasteiger partial charge in [0.25, 0.3) is 11.5 Å². The van der Waals surface area contributed by atoms with Crippen LogP contribution in [0.2, 0.25) is 0 Å². The number of carbonyl (C=O) groups is 1. The minimum atomic E-state index is -1.24. The van der Waals surface area contributed by atoms with E-state index >= 15 is 0 Å². The molecular formula is C15H14BrF2N3O3. The molecule has 3 N–H and O–H groups in total. The van der Waals surface area contributed by atoms with Crippen LogP contribution in [0.15, 0.2) is 33.7 Å². The van der Waals surface area contributed by atoms with Gasteiger partial charge in [-0.05, 0) is 24.6 Å². The van der Waals surface area contributed by atoms with Gasteiger partial charge in [-0.2, -0.15) is 4.39 Å². The highest BCUT2D eigenvalue weighted by Crippen LogP contribution is 2.26. The fraction of sp³-hybridized carbons (Fsp3) is 0.200. The summed E-state index contributed by atoms with van der Waals surface area (Å²) in [5.41, 5.74) is 0.318. The fourth-order valence-electron chi connectivity index (χ4n) is 1.81. The van der Waals surface area contributed by atoms with Gasteiger partial charge in [0.1, 0.15) is 5.82 Å². The van der Waals surface area contributed by atoms with Crippen molar-refractivity contribution in [3.63, 3.8) is 0 Å². The summed E-state index contributed by atoms with van der Waals surface area (Å²) < 4.78 is 28.6. The maximum absolute atomic E-state index is 14.1. The Balaban J connectivity index is 2.38. The highest BCUT2D eigenvalue weighted by molar-refractivity contribution is 9.10. The average Bonchev–Trinajstić information content (AvgIpc) is 2.54. The number of benzene rings is 1. The number of nitrogens with one attached hydrogen (secondary N) is 3. The van der Waals surface area contributed by atoms with Crippen LogP contribution in [0.5, 0.6) is 0 Å². The number of carbonyl (C=O) groups excluding carboxylic acids is 1. The summed E-state index contributed by atoms with van der Waals surface area (Å²) in [5, 5.41) is 2.44. The van der Waals surface area contributed by atoms with Crippen LogP contribution in [-0.2, 0) is 4.84 Å². The maximum atomic E-state index is 14.1. The van der Waals surface area contributed by atoms with Crippen LogP contribution in [0, 0.1) is 11.6 Å². The molecule has 9 heteroatoms. The third-order valence-corrected chi connectivity index (χ3v) is 3.44. The number of hydrogen-bond donors (Lipinski definition) is 3. The normalized spacial score (nSPS) is 10.5. The molecule has 0 bridgehead atoms. The standard InChI is InChI=1S/C15H14BrF2N3O3/c1-2-5-24-21-14(22)9-7-19-15(23)12(18)13(9)20-11-4-3-8(16)6-10(11)17/h3-4,6-7H,2,5H2,1H3,(H,21,22)(H2,19,20,23). The summed E-state index contributed by atoms with van der Waals surface area (Å²) >= 11 is 3.10. The van der Waals surface area contributed by atoms with Crippen LogP contribution < -0.4 is 16.4 Å². The molecule has 0 aliphatic carbocycles. The Kier molecular flexibility index (Phi) is 6.04. The van der Waals surface area contributed by atoms with E-state index in [4.69, 9.17) is 4.84 Å². The van der Waals surface area contributed by atoms with Gasteiger partial charge >= 0.3 is 0 Å². The lowest BCUT2D eigenvalue weighted by Gasteiger charge is -2.13. The molecule has 0 radical (unpaired) electrons. The van der Waals surface area contributed by atoms with Crippen LogP contribution in [0.1, 0.15) is 23.7 Å². The second kappa shape index (κ2) is 8.02. The van der Waals surface area contributed by atoms with Crippen LogP contribution in [0.3, 0.4) is 0 Å². The minimum Gasteiger partial charge on any atom is -0.350 e. The van der Waals surface area contributed by atoms with Gasteiger partial charge in [0, 0.05) is 10.7 Å². The average molecular weight is 402 g/mol. The van der Waals surface area contributed by atoms with Crippen molar-refractivity contribution in [1.29, 1.82) is 0 Å². The SMILES string of the molecule is CCCONC(=O)c1c[nH]c(=O)c(F)c1Nc1ccc(Br)cc1F. The molecule has 0 atom stereocenters. The summed E-state index contributed by atoms with van der Waals surface area (Å²) in [6.45, 7) is 2.11. The summed E-state index contributed by atoms with van der Waals surface area (Å²) in [6.07, 6.45) is 1.69. The monoisotopic (exact) mass is 401 g/mol. The fourth-order valence-corrected chi connectivity index (χ4v) is 2.14. The van der Waals surface area contributed by atoms with Crippen molar-refractivity contribution in [2.24, 2.45) is 0 Å². The van der Waals surface area contributed by atoms with E-state index < -0.39 is 28.8 Å². The first-order valence-electron chi connectivity index (χ1n) is 6.99. The molecular weight excluding hydrogens is 388 g/mol. The van der Waals surface area contributed by atoms with E-state index in [1.807, 2.05) is 6.92 Å². The molecule has 128 valence electrons. The van der Waals surface area contributed by atoms with Crippen molar-refractivity contribution in [3.8, 4) is 0 Å². The Morgan fingerprint density at radius 3 is 2.79 bits per heavy atom.